The second-order valence-corrected chi connectivity index (χ2v) is 5.03. The summed E-state index contributed by atoms with van der Waals surface area (Å²) in [5, 5.41) is 6.91. The van der Waals surface area contributed by atoms with Crippen LogP contribution in [-0.4, -0.2) is 47.5 Å². The molecule has 124 valence electrons. The van der Waals surface area contributed by atoms with Crippen molar-refractivity contribution >= 4 is 5.91 Å². The normalized spacial score (nSPS) is 10.5. The lowest BCUT2D eigenvalue weighted by Crippen LogP contribution is -2.25. The van der Waals surface area contributed by atoms with E-state index in [1.165, 1.54) is 6.33 Å². The highest BCUT2D eigenvalue weighted by Gasteiger charge is 2.07. The molecule has 7 heteroatoms. The summed E-state index contributed by atoms with van der Waals surface area (Å²) >= 11 is 0. The number of carbonyl (C=O) groups is 1. The minimum atomic E-state index is -0.111. The molecule has 0 saturated heterocycles. The first-order chi connectivity index (χ1) is 11.2. The van der Waals surface area contributed by atoms with E-state index >= 15 is 0 Å². The third-order valence-corrected chi connectivity index (χ3v) is 3.32. The monoisotopic (exact) mass is 318 g/mol. The summed E-state index contributed by atoms with van der Waals surface area (Å²) in [4.78, 5) is 16.3. The molecule has 0 aliphatic rings. The topological polar surface area (TPSA) is 78.3 Å². The largest absolute Gasteiger partial charge is 0.491 e. The number of nitrogens with one attached hydrogen (secondary N) is 1. The van der Waals surface area contributed by atoms with Gasteiger partial charge in [0, 0.05) is 32.7 Å². The second-order valence-electron chi connectivity index (χ2n) is 5.03. The Hall–Kier alpha value is -2.41. The van der Waals surface area contributed by atoms with Crippen LogP contribution in [0.25, 0.3) is 0 Å². The molecule has 1 N–H and O–H groups in total. The predicted octanol–water partition coefficient (Wildman–Crippen LogP) is 1.20. The Balaban J connectivity index is 1.76. The molecule has 1 aromatic carbocycles. The Morgan fingerprint density at radius 1 is 1.35 bits per heavy atom. The summed E-state index contributed by atoms with van der Waals surface area (Å²) < 4.78 is 12.2. The van der Waals surface area contributed by atoms with Gasteiger partial charge in [-0.1, -0.05) is 6.07 Å². The van der Waals surface area contributed by atoms with Gasteiger partial charge in [0.25, 0.3) is 5.91 Å². The van der Waals surface area contributed by atoms with E-state index in [2.05, 4.69) is 15.4 Å². The maximum atomic E-state index is 12.1. The lowest BCUT2D eigenvalue weighted by atomic mass is 10.2. The highest BCUT2D eigenvalue weighted by Crippen LogP contribution is 2.13. The summed E-state index contributed by atoms with van der Waals surface area (Å²) in [6.07, 6.45) is 3.11. The van der Waals surface area contributed by atoms with Crippen molar-refractivity contribution in [3.63, 3.8) is 0 Å². The van der Waals surface area contributed by atoms with Gasteiger partial charge >= 0.3 is 0 Å². The zero-order valence-electron chi connectivity index (χ0n) is 13.5. The Kier molecular flexibility index (Phi) is 6.56. The van der Waals surface area contributed by atoms with Crippen molar-refractivity contribution in [1.29, 1.82) is 0 Å². The summed E-state index contributed by atoms with van der Waals surface area (Å²) in [5.41, 5.74) is 0.582. The van der Waals surface area contributed by atoms with Crippen LogP contribution in [0.1, 0.15) is 22.6 Å². The molecular formula is C16H22N4O3. The maximum absolute atomic E-state index is 12.1. The third-order valence-electron chi connectivity index (χ3n) is 3.32. The van der Waals surface area contributed by atoms with Crippen LogP contribution >= 0.6 is 0 Å². The highest BCUT2D eigenvalue weighted by molar-refractivity contribution is 5.94. The number of amides is 1. The first kappa shape index (κ1) is 17.0. The number of rotatable bonds is 9. The minimum Gasteiger partial charge on any atom is -0.491 e. The van der Waals surface area contributed by atoms with E-state index in [4.69, 9.17) is 9.47 Å². The van der Waals surface area contributed by atoms with Gasteiger partial charge in [-0.25, -0.2) is 4.98 Å². The van der Waals surface area contributed by atoms with Crippen molar-refractivity contribution < 1.29 is 14.3 Å². The van der Waals surface area contributed by atoms with Crippen LogP contribution in [0.4, 0.5) is 0 Å². The van der Waals surface area contributed by atoms with Gasteiger partial charge in [-0.15, -0.1) is 0 Å². The number of aryl methyl sites for hydroxylation is 2. The van der Waals surface area contributed by atoms with E-state index < -0.39 is 0 Å². The fraction of sp³-hybridized carbons (Fsp3) is 0.438. The molecule has 0 fully saturated rings. The number of hydrogen-bond acceptors (Lipinski definition) is 5. The van der Waals surface area contributed by atoms with E-state index in [0.29, 0.717) is 31.1 Å². The fourth-order valence-electron chi connectivity index (χ4n) is 2.07. The van der Waals surface area contributed by atoms with E-state index in [0.717, 1.165) is 18.7 Å². The van der Waals surface area contributed by atoms with Crippen LogP contribution in [0.3, 0.4) is 0 Å². The van der Waals surface area contributed by atoms with Gasteiger partial charge in [0.1, 0.15) is 24.5 Å². The first-order valence-electron chi connectivity index (χ1n) is 7.53. The smallest absolute Gasteiger partial charge is 0.251 e. The molecule has 1 amide bonds. The number of methoxy groups -OCH3 is 1. The number of benzene rings is 1. The summed E-state index contributed by atoms with van der Waals surface area (Å²) in [6, 6.07) is 7.12. The first-order valence-corrected chi connectivity index (χ1v) is 7.53. The second kappa shape index (κ2) is 8.89. The molecule has 2 rings (SSSR count). The van der Waals surface area contributed by atoms with Crippen molar-refractivity contribution in [3.05, 3.63) is 42.0 Å². The zero-order chi connectivity index (χ0) is 16.5. The van der Waals surface area contributed by atoms with Gasteiger partial charge in [0.15, 0.2) is 0 Å². The molecule has 7 nitrogen and oxygen atoms in total. The van der Waals surface area contributed by atoms with E-state index in [9.17, 15) is 4.79 Å². The SMILES string of the molecule is COCCOc1cccc(C(=O)NCCCc2ncnn2C)c1. The average Bonchev–Trinajstić information content (AvgIpc) is 2.97. The molecule has 0 spiro atoms. The zero-order valence-corrected chi connectivity index (χ0v) is 13.5. The molecular weight excluding hydrogens is 296 g/mol. The van der Waals surface area contributed by atoms with Gasteiger partial charge < -0.3 is 14.8 Å². The lowest BCUT2D eigenvalue weighted by molar-refractivity contribution is 0.0952. The van der Waals surface area contributed by atoms with Crippen molar-refractivity contribution in [2.75, 3.05) is 26.9 Å². The number of aromatic nitrogens is 3. The number of ether oxygens (including phenoxy) is 2. The third kappa shape index (κ3) is 5.37. The van der Waals surface area contributed by atoms with E-state index in [1.54, 1.807) is 30.0 Å². The van der Waals surface area contributed by atoms with Crippen LogP contribution in [-0.2, 0) is 18.2 Å². The van der Waals surface area contributed by atoms with Crippen LogP contribution in [0.2, 0.25) is 0 Å². The molecule has 23 heavy (non-hydrogen) atoms. The molecule has 1 aromatic heterocycles. The van der Waals surface area contributed by atoms with Crippen molar-refractivity contribution in [2.45, 2.75) is 12.8 Å². The molecule has 0 aliphatic heterocycles. The molecule has 0 saturated carbocycles. The van der Waals surface area contributed by atoms with Gasteiger partial charge in [-0.2, -0.15) is 5.10 Å². The van der Waals surface area contributed by atoms with Crippen molar-refractivity contribution in [3.8, 4) is 5.75 Å². The summed E-state index contributed by atoms with van der Waals surface area (Å²) in [5.74, 6) is 1.46. The van der Waals surface area contributed by atoms with Gasteiger partial charge in [-0.05, 0) is 24.6 Å². The van der Waals surface area contributed by atoms with Crippen LogP contribution < -0.4 is 10.1 Å². The van der Waals surface area contributed by atoms with Crippen molar-refractivity contribution in [2.24, 2.45) is 7.05 Å². The Labute approximate surface area is 135 Å². The predicted molar refractivity (Wildman–Crippen MR) is 85.5 cm³/mol. The van der Waals surface area contributed by atoms with Gasteiger partial charge in [0.05, 0.1) is 6.61 Å². The standard InChI is InChI=1S/C16H22N4O3/c1-20-15(18-12-19-20)7-4-8-17-16(21)13-5-3-6-14(11-13)23-10-9-22-2/h3,5-6,11-12H,4,7-10H2,1-2H3,(H,17,21). The Morgan fingerprint density at radius 3 is 2.96 bits per heavy atom. The maximum Gasteiger partial charge on any atom is 0.251 e. The summed E-state index contributed by atoms with van der Waals surface area (Å²) in [6.45, 7) is 1.55. The molecule has 1 heterocycles. The molecule has 0 aliphatic carbocycles. The van der Waals surface area contributed by atoms with Crippen LogP contribution in [0.15, 0.2) is 30.6 Å². The van der Waals surface area contributed by atoms with E-state index in [-0.39, 0.29) is 5.91 Å². The fourth-order valence-corrected chi connectivity index (χ4v) is 2.07. The van der Waals surface area contributed by atoms with Gasteiger partial charge in [-0.3, -0.25) is 9.48 Å². The highest BCUT2D eigenvalue weighted by atomic mass is 16.5. The quantitative estimate of drug-likeness (QED) is 0.703. The minimum absolute atomic E-state index is 0.111. The number of nitrogens with zero attached hydrogens (tertiary/aromatic N) is 3. The lowest BCUT2D eigenvalue weighted by Gasteiger charge is -2.08. The van der Waals surface area contributed by atoms with Crippen molar-refractivity contribution in [1.82, 2.24) is 20.1 Å². The molecule has 2 aromatic rings. The van der Waals surface area contributed by atoms with Crippen LogP contribution in [0.5, 0.6) is 5.75 Å². The average molecular weight is 318 g/mol. The molecule has 0 bridgehead atoms. The van der Waals surface area contributed by atoms with Gasteiger partial charge in [0.2, 0.25) is 0 Å². The number of carbonyl (C=O) groups excluding carboxylic acids is 1. The Bertz CT molecular complexity index is 627. The molecule has 0 unspecified atom stereocenters. The number of hydrogen-bond donors (Lipinski definition) is 1. The van der Waals surface area contributed by atoms with Crippen LogP contribution in [0, 0.1) is 0 Å². The molecule has 0 radical (unpaired) electrons. The van der Waals surface area contributed by atoms with E-state index in [1.807, 2.05) is 13.1 Å². The Morgan fingerprint density at radius 2 is 2.22 bits per heavy atom. The molecule has 0 atom stereocenters. The summed E-state index contributed by atoms with van der Waals surface area (Å²) in [7, 11) is 3.48.